The standard InChI is InChI=1S/C16H20ClNO2S/c1-10(2)16(15-6-5-7-21-15)18-12-8-11(17)13(19-3)9-14(12)20-4/h5-10,16,18H,1-4H3. The van der Waals surface area contributed by atoms with Crippen LogP contribution >= 0.6 is 22.9 Å². The van der Waals surface area contributed by atoms with Crippen LogP contribution in [0.2, 0.25) is 5.02 Å². The maximum atomic E-state index is 6.23. The predicted molar refractivity (Wildman–Crippen MR) is 90.1 cm³/mol. The Kier molecular flexibility index (Phi) is 5.37. The second-order valence-electron chi connectivity index (χ2n) is 5.07. The van der Waals surface area contributed by atoms with Crippen molar-refractivity contribution in [2.24, 2.45) is 5.92 Å². The SMILES string of the molecule is COc1cc(OC)c(NC(c2cccs2)C(C)C)cc1Cl. The lowest BCUT2D eigenvalue weighted by Gasteiger charge is -2.24. The Bertz CT molecular complexity index is 584. The zero-order chi connectivity index (χ0) is 15.4. The molecule has 2 aromatic rings. The molecule has 0 bridgehead atoms. The molecule has 0 saturated heterocycles. The molecule has 0 amide bonds. The van der Waals surface area contributed by atoms with Gasteiger partial charge in [-0.1, -0.05) is 31.5 Å². The second kappa shape index (κ2) is 7.05. The molecule has 0 aliphatic heterocycles. The van der Waals surface area contributed by atoms with Crippen molar-refractivity contribution in [2.45, 2.75) is 19.9 Å². The van der Waals surface area contributed by atoms with Crippen molar-refractivity contribution < 1.29 is 9.47 Å². The number of thiophene rings is 1. The van der Waals surface area contributed by atoms with Crippen molar-refractivity contribution in [2.75, 3.05) is 19.5 Å². The summed E-state index contributed by atoms with van der Waals surface area (Å²) in [4.78, 5) is 1.29. The van der Waals surface area contributed by atoms with Gasteiger partial charge in [-0.2, -0.15) is 0 Å². The third-order valence-electron chi connectivity index (χ3n) is 3.30. The highest BCUT2D eigenvalue weighted by Gasteiger charge is 2.19. The smallest absolute Gasteiger partial charge is 0.145 e. The van der Waals surface area contributed by atoms with E-state index in [0.717, 1.165) is 11.4 Å². The molecule has 1 atom stereocenters. The monoisotopic (exact) mass is 325 g/mol. The molecule has 2 rings (SSSR count). The molecule has 1 N–H and O–H groups in total. The van der Waals surface area contributed by atoms with Gasteiger partial charge in [-0.25, -0.2) is 0 Å². The number of ether oxygens (including phenoxy) is 2. The zero-order valence-corrected chi connectivity index (χ0v) is 14.2. The quantitative estimate of drug-likeness (QED) is 0.789. The van der Waals surface area contributed by atoms with E-state index in [0.29, 0.717) is 16.7 Å². The number of hydrogen-bond donors (Lipinski definition) is 1. The number of anilines is 1. The van der Waals surface area contributed by atoms with E-state index in [-0.39, 0.29) is 6.04 Å². The van der Waals surface area contributed by atoms with Gasteiger partial charge in [0.25, 0.3) is 0 Å². The van der Waals surface area contributed by atoms with Crippen molar-refractivity contribution in [3.63, 3.8) is 0 Å². The fourth-order valence-corrected chi connectivity index (χ4v) is 3.36. The van der Waals surface area contributed by atoms with Gasteiger partial charge in [-0.05, 0) is 23.4 Å². The second-order valence-corrected chi connectivity index (χ2v) is 6.45. The molecule has 0 saturated carbocycles. The summed E-state index contributed by atoms with van der Waals surface area (Å²) in [5, 5.41) is 6.19. The third kappa shape index (κ3) is 3.63. The van der Waals surface area contributed by atoms with E-state index in [4.69, 9.17) is 21.1 Å². The lowest BCUT2D eigenvalue weighted by Crippen LogP contribution is -2.16. The van der Waals surface area contributed by atoms with Gasteiger partial charge in [0.05, 0.1) is 31.0 Å². The molecular formula is C16H20ClNO2S. The highest BCUT2D eigenvalue weighted by Crippen LogP contribution is 2.39. The first-order valence-corrected chi connectivity index (χ1v) is 8.04. The number of hydrogen-bond acceptors (Lipinski definition) is 4. The average molecular weight is 326 g/mol. The normalized spacial score (nSPS) is 12.3. The van der Waals surface area contributed by atoms with Crippen LogP contribution in [0.25, 0.3) is 0 Å². The first-order chi connectivity index (χ1) is 10.1. The Morgan fingerprint density at radius 1 is 1.14 bits per heavy atom. The predicted octanol–water partition coefficient (Wildman–Crippen LogP) is 5.23. The average Bonchev–Trinajstić information content (AvgIpc) is 2.98. The summed E-state index contributed by atoms with van der Waals surface area (Å²) in [7, 11) is 3.24. The van der Waals surface area contributed by atoms with Crippen molar-refractivity contribution in [3.8, 4) is 11.5 Å². The van der Waals surface area contributed by atoms with Gasteiger partial charge in [-0.3, -0.25) is 0 Å². The first-order valence-electron chi connectivity index (χ1n) is 6.78. The Hall–Kier alpha value is -1.39. The summed E-state index contributed by atoms with van der Waals surface area (Å²) in [6.45, 7) is 4.38. The number of methoxy groups -OCH3 is 2. The molecule has 5 heteroatoms. The highest BCUT2D eigenvalue weighted by atomic mass is 35.5. The molecule has 114 valence electrons. The van der Waals surface area contributed by atoms with E-state index in [9.17, 15) is 0 Å². The van der Waals surface area contributed by atoms with Crippen LogP contribution < -0.4 is 14.8 Å². The van der Waals surface area contributed by atoms with Gasteiger partial charge in [0.1, 0.15) is 11.5 Å². The number of benzene rings is 1. The van der Waals surface area contributed by atoms with Crippen molar-refractivity contribution >= 4 is 28.6 Å². The molecule has 21 heavy (non-hydrogen) atoms. The Morgan fingerprint density at radius 3 is 2.38 bits per heavy atom. The van der Waals surface area contributed by atoms with E-state index >= 15 is 0 Å². The van der Waals surface area contributed by atoms with Gasteiger partial charge in [0, 0.05) is 10.9 Å². The lowest BCUT2D eigenvalue weighted by molar-refractivity contribution is 0.395. The van der Waals surface area contributed by atoms with Gasteiger partial charge in [0.15, 0.2) is 0 Å². The van der Waals surface area contributed by atoms with Crippen molar-refractivity contribution in [3.05, 3.63) is 39.5 Å². The lowest BCUT2D eigenvalue weighted by atomic mass is 10.0. The number of halogens is 1. The fraction of sp³-hybridized carbons (Fsp3) is 0.375. The summed E-state index contributed by atoms with van der Waals surface area (Å²) in [6.07, 6.45) is 0. The summed E-state index contributed by atoms with van der Waals surface area (Å²) < 4.78 is 10.7. The van der Waals surface area contributed by atoms with Crippen LogP contribution in [0.3, 0.4) is 0 Å². The first kappa shape index (κ1) is 16.0. The molecule has 1 aromatic carbocycles. The van der Waals surface area contributed by atoms with Gasteiger partial charge >= 0.3 is 0 Å². The van der Waals surface area contributed by atoms with E-state index in [2.05, 4.69) is 36.7 Å². The van der Waals surface area contributed by atoms with Crippen molar-refractivity contribution in [1.82, 2.24) is 0 Å². The van der Waals surface area contributed by atoms with E-state index < -0.39 is 0 Å². The van der Waals surface area contributed by atoms with Crippen LogP contribution in [-0.2, 0) is 0 Å². The summed E-state index contributed by atoms with van der Waals surface area (Å²) >= 11 is 7.97. The topological polar surface area (TPSA) is 30.5 Å². The summed E-state index contributed by atoms with van der Waals surface area (Å²) in [6, 6.07) is 8.07. The zero-order valence-electron chi connectivity index (χ0n) is 12.6. The van der Waals surface area contributed by atoms with Gasteiger partial charge < -0.3 is 14.8 Å². The molecule has 0 aliphatic rings. The maximum absolute atomic E-state index is 6.23. The van der Waals surface area contributed by atoms with Crippen LogP contribution in [0.4, 0.5) is 5.69 Å². The molecule has 0 radical (unpaired) electrons. The minimum absolute atomic E-state index is 0.211. The largest absolute Gasteiger partial charge is 0.495 e. The van der Waals surface area contributed by atoms with Gasteiger partial charge in [0.2, 0.25) is 0 Å². The maximum Gasteiger partial charge on any atom is 0.145 e. The fourth-order valence-electron chi connectivity index (χ4n) is 2.17. The molecule has 0 fully saturated rings. The molecule has 1 unspecified atom stereocenters. The van der Waals surface area contributed by atoms with Crippen LogP contribution in [0, 0.1) is 5.92 Å². The molecule has 1 heterocycles. The van der Waals surface area contributed by atoms with E-state index in [1.807, 2.05) is 6.07 Å². The number of nitrogens with one attached hydrogen (secondary N) is 1. The molecule has 3 nitrogen and oxygen atoms in total. The summed E-state index contributed by atoms with van der Waals surface area (Å²) in [5.74, 6) is 1.77. The van der Waals surface area contributed by atoms with E-state index in [1.54, 1.807) is 31.6 Å². The Labute approximate surface area is 134 Å². The van der Waals surface area contributed by atoms with Crippen LogP contribution in [0.15, 0.2) is 29.6 Å². The molecule has 0 aliphatic carbocycles. The van der Waals surface area contributed by atoms with Crippen molar-refractivity contribution in [1.29, 1.82) is 0 Å². The summed E-state index contributed by atoms with van der Waals surface area (Å²) in [5.41, 5.74) is 0.871. The Balaban J connectivity index is 2.34. The molecule has 0 spiro atoms. The minimum atomic E-state index is 0.211. The van der Waals surface area contributed by atoms with Crippen LogP contribution in [-0.4, -0.2) is 14.2 Å². The van der Waals surface area contributed by atoms with Gasteiger partial charge in [-0.15, -0.1) is 11.3 Å². The highest BCUT2D eigenvalue weighted by molar-refractivity contribution is 7.10. The van der Waals surface area contributed by atoms with Crippen LogP contribution in [0.1, 0.15) is 24.8 Å². The third-order valence-corrected chi connectivity index (χ3v) is 4.55. The Morgan fingerprint density at radius 2 is 1.86 bits per heavy atom. The number of rotatable bonds is 6. The molecular weight excluding hydrogens is 306 g/mol. The van der Waals surface area contributed by atoms with E-state index in [1.165, 1.54) is 4.88 Å². The minimum Gasteiger partial charge on any atom is -0.495 e. The van der Waals surface area contributed by atoms with Crippen LogP contribution in [0.5, 0.6) is 11.5 Å². The molecule has 1 aromatic heterocycles.